The van der Waals surface area contributed by atoms with Crippen molar-refractivity contribution in [1.82, 2.24) is 10.2 Å². The molecule has 0 saturated heterocycles. The van der Waals surface area contributed by atoms with Crippen molar-refractivity contribution in [2.75, 3.05) is 20.3 Å². The highest BCUT2D eigenvalue weighted by Crippen LogP contribution is 2.31. The van der Waals surface area contributed by atoms with E-state index in [1.165, 1.54) is 60.5 Å². The molecule has 1 N–H and O–H groups in total. The Balaban J connectivity index is 2.01. The standard InChI is InChI=1S/C21H20F2N2O4/c1-3-28-20(26)18-17(12-29-16-10-8-15(23)9-11-16)25(2)21(27)24-19(18)13-4-6-14(22)7-5-13/h4-11,19H,3,12H2,1-2H3,(H,24,27)/t19-/m0/s1. The number of halogens is 2. The number of urea groups is 1. The summed E-state index contributed by atoms with van der Waals surface area (Å²) in [4.78, 5) is 26.5. The van der Waals surface area contributed by atoms with Crippen LogP contribution in [0.4, 0.5) is 13.6 Å². The number of hydrogen-bond donors (Lipinski definition) is 1. The maximum atomic E-state index is 13.3. The van der Waals surface area contributed by atoms with E-state index in [1.54, 1.807) is 6.92 Å². The summed E-state index contributed by atoms with van der Waals surface area (Å²) < 4.78 is 37.3. The smallest absolute Gasteiger partial charge is 0.338 e. The Morgan fingerprint density at radius 1 is 1.07 bits per heavy atom. The van der Waals surface area contributed by atoms with Gasteiger partial charge < -0.3 is 14.8 Å². The highest BCUT2D eigenvalue weighted by atomic mass is 19.1. The van der Waals surface area contributed by atoms with Crippen molar-refractivity contribution in [2.45, 2.75) is 13.0 Å². The third kappa shape index (κ3) is 4.53. The fraction of sp³-hybridized carbons (Fsp3) is 0.238. The van der Waals surface area contributed by atoms with Crippen LogP contribution in [0.5, 0.6) is 5.75 Å². The first-order chi connectivity index (χ1) is 13.9. The van der Waals surface area contributed by atoms with E-state index in [2.05, 4.69) is 5.32 Å². The minimum atomic E-state index is -0.829. The zero-order valence-electron chi connectivity index (χ0n) is 15.9. The van der Waals surface area contributed by atoms with Crippen LogP contribution in [0.15, 0.2) is 59.8 Å². The molecular formula is C21H20F2N2O4. The Morgan fingerprint density at radius 3 is 2.24 bits per heavy atom. The predicted molar refractivity (Wildman–Crippen MR) is 101 cm³/mol. The van der Waals surface area contributed by atoms with Gasteiger partial charge in [-0.05, 0) is 48.9 Å². The van der Waals surface area contributed by atoms with Gasteiger partial charge in [0, 0.05) is 7.05 Å². The van der Waals surface area contributed by atoms with E-state index >= 15 is 0 Å². The van der Waals surface area contributed by atoms with Crippen LogP contribution in [0.2, 0.25) is 0 Å². The van der Waals surface area contributed by atoms with Crippen LogP contribution in [-0.2, 0) is 9.53 Å². The van der Waals surface area contributed by atoms with Gasteiger partial charge in [0.05, 0.1) is 23.9 Å². The number of esters is 1. The summed E-state index contributed by atoms with van der Waals surface area (Å²) >= 11 is 0. The number of rotatable bonds is 6. The van der Waals surface area contributed by atoms with Gasteiger partial charge in [-0.3, -0.25) is 4.90 Å². The number of hydrogen-bond acceptors (Lipinski definition) is 4. The van der Waals surface area contributed by atoms with E-state index in [4.69, 9.17) is 9.47 Å². The van der Waals surface area contributed by atoms with E-state index in [1.807, 2.05) is 0 Å². The van der Waals surface area contributed by atoms with Crippen LogP contribution in [0, 0.1) is 11.6 Å². The predicted octanol–water partition coefficient (Wildman–Crippen LogP) is 3.56. The molecule has 2 aromatic rings. The maximum Gasteiger partial charge on any atom is 0.338 e. The second-order valence-electron chi connectivity index (χ2n) is 6.32. The summed E-state index contributed by atoms with van der Waals surface area (Å²) in [6.07, 6.45) is 0. The summed E-state index contributed by atoms with van der Waals surface area (Å²) in [7, 11) is 1.50. The van der Waals surface area contributed by atoms with Crippen molar-refractivity contribution in [2.24, 2.45) is 0 Å². The van der Waals surface area contributed by atoms with Gasteiger partial charge in [0.2, 0.25) is 0 Å². The average Bonchev–Trinajstić information content (AvgIpc) is 2.70. The molecule has 8 heteroatoms. The molecule has 0 unspecified atom stereocenters. The molecule has 1 atom stereocenters. The number of nitrogens with one attached hydrogen (secondary N) is 1. The number of ether oxygens (including phenoxy) is 2. The molecule has 3 rings (SSSR count). The van der Waals surface area contributed by atoms with E-state index < -0.39 is 29.7 Å². The average molecular weight is 402 g/mol. The molecule has 0 fully saturated rings. The summed E-state index contributed by atoms with van der Waals surface area (Å²) in [6, 6.07) is 9.57. The molecular weight excluding hydrogens is 382 g/mol. The monoisotopic (exact) mass is 402 g/mol. The first-order valence-electron chi connectivity index (χ1n) is 8.99. The Hall–Kier alpha value is -3.42. The first kappa shape index (κ1) is 20.3. The topological polar surface area (TPSA) is 67.9 Å². The zero-order valence-corrected chi connectivity index (χ0v) is 15.9. The molecule has 0 saturated carbocycles. The van der Waals surface area contributed by atoms with Crippen LogP contribution in [0.3, 0.4) is 0 Å². The summed E-state index contributed by atoms with van der Waals surface area (Å²) in [5.41, 5.74) is 1.00. The molecule has 1 heterocycles. The van der Waals surface area contributed by atoms with Crippen molar-refractivity contribution < 1.29 is 27.8 Å². The van der Waals surface area contributed by atoms with Crippen LogP contribution in [0.1, 0.15) is 18.5 Å². The Bertz CT molecular complexity index is 927. The SMILES string of the molecule is CCOC(=O)C1=C(COc2ccc(F)cc2)N(C)C(=O)N[C@H]1c1ccc(F)cc1. The number of carbonyl (C=O) groups is 2. The molecule has 0 aromatic heterocycles. The third-order valence-electron chi connectivity index (χ3n) is 4.46. The lowest BCUT2D eigenvalue weighted by molar-refractivity contribution is -0.139. The molecule has 6 nitrogen and oxygen atoms in total. The molecule has 1 aliphatic rings. The molecule has 152 valence electrons. The molecule has 2 aromatic carbocycles. The molecule has 2 amide bonds. The highest BCUT2D eigenvalue weighted by molar-refractivity contribution is 5.95. The van der Waals surface area contributed by atoms with Gasteiger partial charge >= 0.3 is 12.0 Å². The van der Waals surface area contributed by atoms with Gasteiger partial charge in [-0.1, -0.05) is 12.1 Å². The minimum absolute atomic E-state index is 0.124. The van der Waals surface area contributed by atoms with E-state index in [0.717, 1.165) is 0 Å². The molecule has 0 spiro atoms. The molecule has 1 aliphatic heterocycles. The molecule has 0 radical (unpaired) electrons. The lowest BCUT2D eigenvalue weighted by Gasteiger charge is -2.34. The van der Waals surface area contributed by atoms with Gasteiger partial charge in [-0.15, -0.1) is 0 Å². The number of amides is 2. The van der Waals surface area contributed by atoms with Crippen molar-refractivity contribution in [3.05, 3.63) is 77.0 Å². The van der Waals surface area contributed by atoms with Crippen molar-refractivity contribution in [3.63, 3.8) is 0 Å². The fourth-order valence-corrected chi connectivity index (χ4v) is 2.97. The maximum absolute atomic E-state index is 13.3. The van der Waals surface area contributed by atoms with Gasteiger partial charge in [0.1, 0.15) is 24.0 Å². The number of likely N-dealkylation sites (N-methyl/N-ethyl adjacent to an activating group) is 1. The third-order valence-corrected chi connectivity index (χ3v) is 4.46. The highest BCUT2D eigenvalue weighted by Gasteiger charge is 2.37. The van der Waals surface area contributed by atoms with Crippen LogP contribution in [0.25, 0.3) is 0 Å². The van der Waals surface area contributed by atoms with Crippen LogP contribution < -0.4 is 10.1 Å². The summed E-state index contributed by atoms with van der Waals surface area (Å²) in [6.45, 7) is 1.69. The van der Waals surface area contributed by atoms with Crippen molar-refractivity contribution >= 4 is 12.0 Å². The lowest BCUT2D eigenvalue weighted by Crippen LogP contribution is -2.48. The van der Waals surface area contributed by atoms with Crippen molar-refractivity contribution in [1.29, 1.82) is 0 Å². The van der Waals surface area contributed by atoms with Gasteiger partial charge in [-0.2, -0.15) is 0 Å². The zero-order chi connectivity index (χ0) is 21.0. The quantitative estimate of drug-likeness (QED) is 0.751. The van der Waals surface area contributed by atoms with E-state index in [-0.39, 0.29) is 18.8 Å². The minimum Gasteiger partial charge on any atom is -0.487 e. The first-order valence-corrected chi connectivity index (χ1v) is 8.99. The number of benzene rings is 2. The number of nitrogens with zero attached hydrogens (tertiary/aromatic N) is 1. The Kier molecular flexibility index (Phi) is 6.11. The Morgan fingerprint density at radius 2 is 1.66 bits per heavy atom. The van der Waals surface area contributed by atoms with Gasteiger partial charge in [-0.25, -0.2) is 18.4 Å². The second kappa shape index (κ2) is 8.72. The fourth-order valence-electron chi connectivity index (χ4n) is 2.97. The number of carbonyl (C=O) groups excluding carboxylic acids is 2. The summed E-state index contributed by atoms with van der Waals surface area (Å²) in [5, 5.41) is 2.73. The second-order valence-corrected chi connectivity index (χ2v) is 6.32. The largest absolute Gasteiger partial charge is 0.487 e. The molecule has 29 heavy (non-hydrogen) atoms. The van der Waals surface area contributed by atoms with Gasteiger partial charge in [0.15, 0.2) is 0 Å². The van der Waals surface area contributed by atoms with E-state index in [9.17, 15) is 18.4 Å². The molecule has 0 aliphatic carbocycles. The Labute approximate surface area is 166 Å². The van der Waals surface area contributed by atoms with E-state index in [0.29, 0.717) is 17.0 Å². The summed E-state index contributed by atoms with van der Waals surface area (Å²) in [5.74, 6) is -1.09. The van der Waals surface area contributed by atoms with Crippen molar-refractivity contribution in [3.8, 4) is 5.75 Å². The van der Waals surface area contributed by atoms with Crippen LogP contribution in [-0.4, -0.2) is 37.2 Å². The van der Waals surface area contributed by atoms with Gasteiger partial charge in [0.25, 0.3) is 0 Å². The van der Waals surface area contributed by atoms with Crippen LogP contribution >= 0.6 is 0 Å². The molecule has 0 bridgehead atoms. The normalized spacial score (nSPS) is 16.5. The lowest BCUT2D eigenvalue weighted by atomic mass is 9.94.